The Morgan fingerprint density at radius 2 is 1.80 bits per heavy atom. The number of carbonyl (C=O) groups excluding carboxylic acids is 1. The van der Waals surface area contributed by atoms with Crippen LogP contribution in [0.15, 0.2) is 48.5 Å². The molecule has 0 amide bonds. The molecule has 0 aliphatic heterocycles. The highest BCUT2D eigenvalue weighted by atomic mass is 16.5. The molecule has 3 nitrogen and oxygen atoms in total. The second-order valence-electron chi connectivity index (χ2n) is 4.77. The molecule has 0 saturated heterocycles. The van der Waals surface area contributed by atoms with Crippen molar-refractivity contribution in [3.63, 3.8) is 0 Å². The SMILES string of the molecule is COc1ccccc1CC(=O)CCc1ccc(N)cc1. The zero-order valence-electron chi connectivity index (χ0n) is 11.6. The van der Waals surface area contributed by atoms with E-state index in [1.54, 1.807) is 7.11 Å². The van der Waals surface area contributed by atoms with Crippen molar-refractivity contribution >= 4 is 11.5 Å². The average Bonchev–Trinajstić information content (AvgIpc) is 2.47. The van der Waals surface area contributed by atoms with E-state index in [-0.39, 0.29) is 5.78 Å². The van der Waals surface area contributed by atoms with Crippen molar-refractivity contribution in [2.45, 2.75) is 19.3 Å². The summed E-state index contributed by atoms with van der Waals surface area (Å²) < 4.78 is 5.26. The van der Waals surface area contributed by atoms with E-state index in [9.17, 15) is 4.79 Å². The predicted octanol–water partition coefficient (Wildman–Crippen LogP) is 3.02. The Balaban J connectivity index is 1.91. The number of ether oxygens (including phenoxy) is 1. The lowest BCUT2D eigenvalue weighted by molar-refractivity contribution is -0.118. The van der Waals surface area contributed by atoms with E-state index in [2.05, 4.69) is 0 Å². The molecule has 0 saturated carbocycles. The maximum atomic E-state index is 12.0. The van der Waals surface area contributed by atoms with Gasteiger partial charge in [0.05, 0.1) is 7.11 Å². The molecule has 0 fully saturated rings. The molecule has 0 spiro atoms. The minimum Gasteiger partial charge on any atom is -0.496 e. The fourth-order valence-electron chi connectivity index (χ4n) is 2.12. The molecule has 2 aromatic carbocycles. The molecule has 2 rings (SSSR count). The van der Waals surface area contributed by atoms with E-state index in [1.807, 2.05) is 48.5 Å². The van der Waals surface area contributed by atoms with Crippen LogP contribution in [0.3, 0.4) is 0 Å². The number of hydrogen-bond acceptors (Lipinski definition) is 3. The molecule has 3 heteroatoms. The molecule has 0 aliphatic carbocycles. The average molecular weight is 269 g/mol. The van der Waals surface area contributed by atoms with Gasteiger partial charge in [0.25, 0.3) is 0 Å². The van der Waals surface area contributed by atoms with Crippen LogP contribution < -0.4 is 10.5 Å². The summed E-state index contributed by atoms with van der Waals surface area (Å²) in [5.41, 5.74) is 8.45. The van der Waals surface area contributed by atoms with E-state index in [4.69, 9.17) is 10.5 Å². The van der Waals surface area contributed by atoms with Crippen LogP contribution in [-0.2, 0) is 17.6 Å². The van der Waals surface area contributed by atoms with Gasteiger partial charge in [-0.2, -0.15) is 0 Å². The number of nitrogens with two attached hydrogens (primary N) is 1. The van der Waals surface area contributed by atoms with Gasteiger partial charge < -0.3 is 10.5 Å². The fourth-order valence-corrected chi connectivity index (χ4v) is 2.12. The van der Waals surface area contributed by atoms with Gasteiger partial charge in [-0.15, -0.1) is 0 Å². The highest BCUT2D eigenvalue weighted by Gasteiger charge is 2.08. The van der Waals surface area contributed by atoms with Gasteiger partial charge in [0.1, 0.15) is 11.5 Å². The Morgan fingerprint density at radius 1 is 1.10 bits per heavy atom. The number of nitrogen functional groups attached to an aromatic ring is 1. The molecule has 0 heterocycles. The largest absolute Gasteiger partial charge is 0.496 e. The number of ketones is 1. The quantitative estimate of drug-likeness (QED) is 0.820. The first-order chi connectivity index (χ1) is 9.69. The van der Waals surface area contributed by atoms with Crippen molar-refractivity contribution in [3.05, 3.63) is 59.7 Å². The molecule has 104 valence electrons. The fraction of sp³-hybridized carbons (Fsp3) is 0.235. The topological polar surface area (TPSA) is 52.3 Å². The van der Waals surface area contributed by atoms with Crippen LogP contribution in [0.4, 0.5) is 5.69 Å². The summed E-state index contributed by atoms with van der Waals surface area (Å²) in [4.78, 5) is 12.0. The molecule has 0 unspecified atom stereocenters. The number of anilines is 1. The highest BCUT2D eigenvalue weighted by Crippen LogP contribution is 2.18. The summed E-state index contributed by atoms with van der Waals surface area (Å²) >= 11 is 0. The number of methoxy groups -OCH3 is 1. The van der Waals surface area contributed by atoms with Gasteiger partial charge in [0.15, 0.2) is 0 Å². The lowest BCUT2D eigenvalue weighted by atomic mass is 10.0. The Labute approximate surface area is 119 Å². The van der Waals surface area contributed by atoms with Crippen molar-refractivity contribution in [2.24, 2.45) is 0 Å². The van der Waals surface area contributed by atoms with Crippen LogP contribution in [0.2, 0.25) is 0 Å². The summed E-state index contributed by atoms with van der Waals surface area (Å²) in [7, 11) is 1.62. The minimum absolute atomic E-state index is 0.214. The van der Waals surface area contributed by atoms with Gasteiger partial charge in [-0.05, 0) is 30.2 Å². The summed E-state index contributed by atoms with van der Waals surface area (Å²) in [6, 6.07) is 15.3. The van der Waals surface area contributed by atoms with Crippen LogP contribution in [0.5, 0.6) is 5.75 Å². The molecule has 0 aliphatic rings. The molecule has 0 radical (unpaired) electrons. The zero-order chi connectivity index (χ0) is 14.4. The Morgan fingerprint density at radius 3 is 2.50 bits per heavy atom. The molecule has 2 N–H and O–H groups in total. The summed E-state index contributed by atoms with van der Waals surface area (Å²) in [6.07, 6.45) is 1.69. The second-order valence-corrected chi connectivity index (χ2v) is 4.77. The van der Waals surface area contributed by atoms with Crippen LogP contribution >= 0.6 is 0 Å². The van der Waals surface area contributed by atoms with Crippen molar-refractivity contribution in [1.82, 2.24) is 0 Å². The zero-order valence-corrected chi connectivity index (χ0v) is 11.6. The molecule has 0 aromatic heterocycles. The number of aryl methyl sites for hydroxylation is 1. The normalized spacial score (nSPS) is 10.2. The lowest BCUT2D eigenvalue weighted by Crippen LogP contribution is -2.05. The molecule has 0 bridgehead atoms. The standard InChI is InChI=1S/C17H19NO2/c1-20-17-5-3-2-4-14(17)12-16(19)11-8-13-6-9-15(18)10-7-13/h2-7,9-10H,8,11-12,18H2,1H3. The third-order valence-corrected chi connectivity index (χ3v) is 3.25. The van der Waals surface area contributed by atoms with E-state index < -0.39 is 0 Å². The van der Waals surface area contributed by atoms with E-state index >= 15 is 0 Å². The molecule has 0 atom stereocenters. The predicted molar refractivity (Wildman–Crippen MR) is 80.9 cm³/mol. The van der Waals surface area contributed by atoms with Crippen LogP contribution in [0.1, 0.15) is 17.5 Å². The van der Waals surface area contributed by atoms with Gasteiger partial charge in [-0.1, -0.05) is 30.3 Å². The first kappa shape index (κ1) is 14.1. The number of Topliss-reactive ketones (excluding diaryl/α,β-unsaturated/α-hetero) is 1. The first-order valence-corrected chi connectivity index (χ1v) is 6.67. The number of hydrogen-bond donors (Lipinski definition) is 1. The monoisotopic (exact) mass is 269 g/mol. The molecule has 2 aromatic rings. The van der Waals surface area contributed by atoms with Gasteiger partial charge in [0, 0.05) is 24.1 Å². The van der Waals surface area contributed by atoms with Gasteiger partial charge in [-0.25, -0.2) is 0 Å². The molecular weight excluding hydrogens is 250 g/mol. The number of carbonyl (C=O) groups is 1. The van der Waals surface area contributed by atoms with Crippen molar-refractivity contribution in [1.29, 1.82) is 0 Å². The molecule has 20 heavy (non-hydrogen) atoms. The second kappa shape index (κ2) is 6.75. The van der Waals surface area contributed by atoms with Crippen molar-refractivity contribution in [3.8, 4) is 5.75 Å². The van der Waals surface area contributed by atoms with Gasteiger partial charge in [0.2, 0.25) is 0 Å². The number of rotatable bonds is 6. The lowest BCUT2D eigenvalue weighted by Gasteiger charge is -2.07. The molecular formula is C17H19NO2. The van der Waals surface area contributed by atoms with Crippen LogP contribution in [0.25, 0.3) is 0 Å². The van der Waals surface area contributed by atoms with Crippen LogP contribution in [0, 0.1) is 0 Å². The summed E-state index contributed by atoms with van der Waals surface area (Å²) in [5, 5.41) is 0. The maximum Gasteiger partial charge on any atom is 0.137 e. The summed E-state index contributed by atoms with van der Waals surface area (Å²) in [6.45, 7) is 0. The first-order valence-electron chi connectivity index (χ1n) is 6.67. The minimum atomic E-state index is 0.214. The Hall–Kier alpha value is -2.29. The third-order valence-electron chi connectivity index (χ3n) is 3.25. The van der Waals surface area contributed by atoms with Gasteiger partial charge in [-0.3, -0.25) is 4.79 Å². The number of benzene rings is 2. The van der Waals surface area contributed by atoms with E-state index in [0.29, 0.717) is 12.8 Å². The van der Waals surface area contributed by atoms with Crippen molar-refractivity contribution < 1.29 is 9.53 Å². The Kier molecular flexibility index (Phi) is 4.77. The van der Waals surface area contributed by atoms with E-state index in [0.717, 1.165) is 29.0 Å². The number of para-hydroxylation sites is 1. The van der Waals surface area contributed by atoms with Crippen LogP contribution in [-0.4, -0.2) is 12.9 Å². The van der Waals surface area contributed by atoms with Gasteiger partial charge >= 0.3 is 0 Å². The van der Waals surface area contributed by atoms with E-state index in [1.165, 1.54) is 0 Å². The third kappa shape index (κ3) is 3.85. The summed E-state index contributed by atoms with van der Waals surface area (Å²) in [5.74, 6) is 0.986. The maximum absolute atomic E-state index is 12.0. The van der Waals surface area contributed by atoms with Crippen molar-refractivity contribution in [2.75, 3.05) is 12.8 Å². The highest BCUT2D eigenvalue weighted by molar-refractivity contribution is 5.81. The Bertz CT molecular complexity index is 576. The smallest absolute Gasteiger partial charge is 0.137 e.